The van der Waals surface area contributed by atoms with Crippen LogP contribution in [-0.4, -0.2) is 8.07 Å². The first kappa shape index (κ1) is 11.0. The van der Waals surface area contributed by atoms with E-state index < -0.39 is 8.07 Å². The molecule has 66 valence electrons. The van der Waals surface area contributed by atoms with E-state index in [-0.39, 0.29) is 0 Å². The molecule has 0 aromatic carbocycles. The molecule has 0 unspecified atom stereocenters. The molecule has 0 saturated carbocycles. The first-order valence-corrected chi connectivity index (χ1v) is 7.91. The van der Waals surface area contributed by atoms with E-state index in [0.717, 1.165) is 0 Å². The Morgan fingerprint density at radius 2 is 1.64 bits per heavy atom. The maximum Gasteiger partial charge on any atom is 0.0542 e. The van der Waals surface area contributed by atoms with E-state index in [1.54, 1.807) is 0 Å². The molecule has 0 heterocycles. The Labute approximate surface area is 72.7 Å². The summed E-state index contributed by atoms with van der Waals surface area (Å²) in [5, 5.41) is 0. The maximum atomic E-state index is 3.84. The van der Waals surface area contributed by atoms with E-state index >= 15 is 0 Å². The fourth-order valence-corrected chi connectivity index (χ4v) is 5.65. The molecule has 0 aromatic rings. The molecule has 0 bridgehead atoms. The van der Waals surface area contributed by atoms with Crippen LogP contribution in [0.5, 0.6) is 0 Å². The average molecular weight is 170 g/mol. The van der Waals surface area contributed by atoms with Gasteiger partial charge in [-0.05, 0) is 6.04 Å². The van der Waals surface area contributed by atoms with Gasteiger partial charge in [-0.25, -0.2) is 0 Å². The summed E-state index contributed by atoms with van der Waals surface area (Å²) in [6.45, 7) is 11.0. The molecule has 0 fully saturated rings. The van der Waals surface area contributed by atoms with Crippen LogP contribution in [0.1, 0.15) is 26.7 Å². The number of allylic oxidation sites excluding steroid dienone is 1. The van der Waals surface area contributed by atoms with Crippen LogP contribution in [0.2, 0.25) is 24.7 Å². The second-order valence-corrected chi connectivity index (χ2v) is 8.83. The second kappa shape index (κ2) is 5.59. The van der Waals surface area contributed by atoms with Crippen molar-refractivity contribution in [3.05, 3.63) is 12.7 Å². The fraction of sp³-hybridized carbons (Fsp3) is 0.800. The molecule has 0 aliphatic rings. The second-order valence-electron chi connectivity index (χ2n) is 3.80. The van der Waals surface area contributed by atoms with Crippen LogP contribution in [0.15, 0.2) is 12.7 Å². The van der Waals surface area contributed by atoms with Crippen LogP contribution in [0.3, 0.4) is 0 Å². The standard InChI is InChI=1S/C10H22Si/c1-5-8-11(4,9-6-2)10-7-3/h5H,1,6-10H2,2-4H3. The average Bonchev–Trinajstić information content (AvgIpc) is 1.88. The van der Waals surface area contributed by atoms with E-state index in [9.17, 15) is 0 Å². The van der Waals surface area contributed by atoms with Crippen LogP contribution in [0.4, 0.5) is 0 Å². The summed E-state index contributed by atoms with van der Waals surface area (Å²) in [6, 6.07) is 4.27. The quantitative estimate of drug-likeness (QED) is 0.416. The molecule has 0 nitrogen and oxygen atoms in total. The molecule has 11 heavy (non-hydrogen) atoms. The minimum absolute atomic E-state index is 0.867. The fourth-order valence-electron chi connectivity index (χ4n) is 1.88. The van der Waals surface area contributed by atoms with E-state index in [4.69, 9.17) is 0 Å². The lowest BCUT2D eigenvalue weighted by atomic mass is 10.6. The predicted molar refractivity (Wildman–Crippen MR) is 56.8 cm³/mol. The number of hydrogen-bond acceptors (Lipinski definition) is 0. The molecule has 1 heteroatoms. The topological polar surface area (TPSA) is 0 Å². The lowest BCUT2D eigenvalue weighted by molar-refractivity contribution is 0.973. The van der Waals surface area contributed by atoms with Gasteiger partial charge in [0.05, 0.1) is 8.07 Å². The maximum absolute atomic E-state index is 3.84. The molecule has 0 aliphatic heterocycles. The minimum atomic E-state index is -0.867. The van der Waals surface area contributed by atoms with Crippen molar-refractivity contribution in [1.29, 1.82) is 0 Å². The number of hydrogen-bond donors (Lipinski definition) is 0. The zero-order valence-corrected chi connectivity index (χ0v) is 9.32. The first-order valence-electron chi connectivity index (χ1n) is 4.79. The number of rotatable bonds is 6. The normalized spacial score (nSPS) is 11.5. The Hall–Kier alpha value is -0.0431. The summed E-state index contributed by atoms with van der Waals surface area (Å²) in [4.78, 5) is 0. The lowest BCUT2D eigenvalue weighted by Crippen LogP contribution is -2.27. The molecular formula is C10H22Si. The van der Waals surface area contributed by atoms with Gasteiger partial charge in [-0.1, -0.05) is 51.4 Å². The van der Waals surface area contributed by atoms with Gasteiger partial charge in [0.15, 0.2) is 0 Å². The zero-order chi connectivity index (χ0) is 8.74. The van der Waals surface area contributed by atoms with Crippen molar-refractivity contribution in [2.45, 2.75) is 51.4 Å². The van der Waals surface area contributed by atoms with Gasteiger partial charge in [0.1, 0.15) is 0 Å². The third-order valence-electron chi connectivity index (χ3n) is 2.34. The molecule has 0 saturated heterocycles. The van der Waals surface area contributed by atoms with Crippen LogP contribution in [0.25, 0.3) is 0 Å². The molecular weight excluding hydrogens is 148 g/mol. The first-order chi connectivity index (χ1) is 5.18. The molecule has 0 radical (unpaired) electrons. The highest BCUT2D eigenvalue weighted by Gasteiger charge is 2.22. The van der Waals surface area contributed by atoms with Gasteiger partial charge in [0, 0.05) is 0 Å². The Bertz CT molecular complexity index is 101. The van der Waals surface area contributed by atoms with Crippen LogP contribution in [-0.2, 0) is 0 Å². The predicted octanol–water partition coefficient (Wildman–Crippen LogP) is 4.07. The smallest absolute Gasteiger partial charge is 0.0542 e. The highest BCUT2D eigenvalue weighted by Crippen LogP contribution is 2.24. The van der Waals surface area contributed by atoms with Gasteiger partial charge in [0.2, 0.25) is 0 Å². The third-order valence-corrected chi connectivity index (χ3v) is 7.03. The molecule has 0 aromatic heterocycles. The molecule has 0 N–H and O–H groups in total. The molecule has 0 aliphatic carbocycles. The van der Waals surface area contributed by atoms with Gasteiger partial charge in [-0.15, -0.1) is 6.58 Å². The van der Waals surface area contributed by atoms with Crippen molar-refractivity contribution in [3.63, 3.8) is 0 Å². The van der Waals surface area contributed by atoms with Crippen LogP contribution >= 0.6 is 0 Å². The van der Waals surface area contributed by atoms with Crippen molar-refractivity contribution in [2.24, 2.45) is 0 Å². The van der Waals surface area contributed by atoms with Gasteiger partial charge in [-0.3, -0.25) is 0 Å². The Balaban J connectivity index is 3.88. The highest BCUT2D eigenvalue weighted by molar-refractivity contribution is 6.79. The van der Waals surface area contributed by atoms with Gasteiger partial charge < -0.3 is 0 Å². The molecule has 0 amide bonds. The highest BCUT2D eigenvalue weighted by atomic mass is 28.3. The lowest BCUT2D eigenvalue weighted by Gasteiger charge is -2.24. The monoisotopic (exact) mass is 170 g/mol. The van der Waals surface area contributed by atoms with Gasteiger partial charge >= 0.3 is 0 Å². The molecule has 0 atom stereocenters. The summed E-state index contributed by atoms with van der Waals surface area (Å²) in [5.41, 5.74) is 0. The van der Waals surface area contributed by atoms with Crippen molar-refractivity contribution in [2.75, 3.05) is 0 Å². The summed E-state index contributed by atoms with van der Waals surface area (Å²) >= 11 is 0. The minimum Gasteiger partial charge on any atom is -0.103 e. The Kier molecular flexibility index (Phi) is 5.57. The van der Waals surface area contributed by atoms with E-state index in [1.807, 2.05) is 0 Å². The van der Waals surface area contributed by atoms with Gasteiger partial charge in [-0.2, -0.15) is 0 Å². The Morgan fingerprint density at radius 3 is 1.91 bits per heavy atom. The summed E-state index contributed by atoms with van der Waals surface area (Å²) in [6.07, 6.45) is 4.84. The van der Waals surface area contributed by atoms with Crippen LogP contribution in [0, 0.1) is 0 Å². The zero-order valence-electron chi connectivity index (χ0n) is 8.32. The van der Waals surface area contributed by atoms with Crippen molar-refractivity contribution < 1.29 is 0 Å². The van der Waals surface area contributed by atoms with Crippen LogP contribution < -0.4 is 0 Å². The van der Waals surface area contributed by atoms with E-state index in [2.05, 4.69) is 33.0 Å². The summed E-state index contributed by atoms with van der Waals surface area (Å²) in [7, 11) is -0.867. The van der Waals surface area contributed by atoms with Gasteiger partial charge in [0.25, 0.3) is 0 Å². The largest absolute Gasteiger partial charge is 0.103 e. The SMILES string of the molecule is C=CC[Si](C)(CCC)CCC. The Morgan fingerprint density at radius 1 is 1.18 bits per heavy atom. The molecule has 0 rings (SSSR count). The summed E-state index contributed by atoms with van der Waals surface area (Å²) < 4.78 is 0. The van der Waals surface area contributed by atoms with E-state index in [1.165, 1.54) is 31.0 Å². The van der Waals surface area contributed by atoms with Crippen molar-refractivity contribution >= 4 is 8.07 Å². The van der Waals surface area contributed by atoms with E-state index in [0.29, 0.717) is 0 Å². The van der Waals surface area contributed by atoms with Crippen molar-refractivity contribution in [3.8, 4) is 0 Å². The third kappa shape index (κ3) is 4.41. The van der Waals surface area contributed by atoms with Crippen molar-refractivity contribution in [1.82, 2.24) is 0 Å². The molecule has 0 spiro atoms. The summed E-state index contributed by atoms with van der Waals surface area (Å²) in [5.74, 6) is 0.